The number of rotatable bonds is 6. The van der Waals surface area contributed by atoms with Crippen molar-refractivity contribution in [1.29, 1.82) is 0 Å². The summed E-state index contributed by atoms with van der Waals surface area (Å²) in [6, 6.07) is 5.93. The van der Waals surface area contributed by atoms with Crippen LogP contribution >= 0.6 is 0 Å². The van der Waals surface area contributed by atoms with E-state index in [2.05, 4.69) is 0 Å². The van der Waals surface area contributed by atoms with E-state index in [4.69, 9.17) is 5.11 Å². The third kappa shape index (κ3) is 3.58. The Kier molecular flexibility index (Phi) is 4.90. The summed E-state index contributed by atoms with van der Waals surface area (Å²) in [5.41, 5.74) is 0.309. The van der Waals surface area contributed by atoms with Crippen LogP contribution in [0, 0.1) is 5.82 Å². The number of hydrogen-bond acceptors (Lipinski definition) is 3. The maximum Gasteiger partial charge on any atom is 0.303 e. The molecule has 1 saturated heterocycles. The summed E-state index contributed by atoms with van der Waals surface area (Å²) in [4.78, 5) is 26.2. The van der Waals surface area contributed by atoms with Gasteiger partial charge in [-0.25, -0.2) is 4.39 Å². The Morgan fingerprint density at radius 2 is 2.19 bits per heavy atom. The standard InChI is InChI=1S/C15H19FN2O3/c1-17(9-4-7-14(19)20)13-8-10-18(15(13)21)12-6-3-2-5-11(12)16/h2-3,5-6,13H,4,7-10H2,1H3,(H,19,20). The Labute approximate surface area is 123 Å². The maximum atomic E-state index is 13.8. The van der Waals surface area contributed by atoms with E-state index in [1.54, 1.807) is 25.2 Å². The minimum atomic E-state index is -0.839. The molecule has 1 N–H and O–H groups in total. The zero-order valence-electron chi connectivity index (χ0n) is 12.0. The fourth-order valence-electron chi connectivity index (χ4n) is 2.62. The molecule has 1 aliphatic rings. The van der Waals surface area contributed by atoms with Gasteiger partial charge in [-0.2, -0.15) is 0 Å². The fourth-order valence-corrected chi connectivity index (χ4v) is 2.62. The Morgan fingerprint density at radius 3 is 2.86 bits per heavy atom. The number of aliphatic carboxylic acids is 1. The summed E-state index contributed by atoms with van der Waals surface area (Å²) < 4.78 is 13.8. The van der Waals surface area contributed by atoms with Crippen LogP contribution in [0.3, 0.4) is 0 Å². The molecule has 0 spiro atoms. The van der Waals surface area contributed by atoms with Crippen molar-refractivity contribution in [3.63, 3.8) is 0 Å². The van der Waals surface area contributed by atoms with Gasteiger partial charge in [-0.1, -0.05) is 12.1 Å². The van der Waals surface area contributed by atoms with Gasteiger partial charge in [0, 0.05) is 13.0 Å². The van der Waals surface area contributed by atoms with E-state index in [-0.39, 0.29) is 18.4 Å². The highest BCUT2D eigenvalue weighted by molar-refractivity contribution is 5.99. The zero-order chi connectivity index (χ0) is 15.4. The second-order valence-corrected chi connectivity index (χ2v) is 5.22. The number of hydrogen-bond donors (Lipinski definition) is 1. The number of amides is 1. The van der Waals surface area contributed by atoms with Crippen LogP contribution in [0.15, 0.2) is 24.3 Å². The molecule has 2 rings (SSSR count). The summed E-state index contributed by atoms with van der Waals surface area (Å²) in [6.07, 6.45) is 1.20. The Morgan fingerprint density at radius 1 is 1.48 bits per heavy atom. The molecule has 1 heterocycles. The number of carbonyl (C=O) groups excluding carboxylic acids is 1. The molecule has 5 nitrogen and oxygen atoms in total. The predicted octanol–water partition coefficient (Wildman–Crippen LogP) is 1.73. The van der Waals surface area contributed by atoms with Gasteiger partial charge in [0.15, 0.2) is 0 Å². The molecule has 0 aliphatic carbocycles. The van der Waals surface area contributed by atoms with Gasteiger partial charge < -0.3 is 10.0 Å². The molecule has 0 bridgehead atoms. The quantitative estimate of drug-likeness (QED) is 0.868. The number of anilines is 1. The second kappa shape index (κ2) is 6.67. The summed E-state index contributed by atoms with van der Waals surface area (Å²) in [7, 11) is 1.80. The third-order valence-corrected chi connectivity index (χ3v) is 3.75. The van der Waals surface area contributed by atoms with Crippen molar-refractivity contribution in [3.8, 4) is 0 Å². The van der Waals surface area contributed by atoms with E-state index in [9.17, 15) is 14.0 Å². The second-order valence-electron chi connectivity index (χ2n) is 5.22. The normalized spacial score (nSPS) is 18.5. The van der Waals surface area contributed by atoms with Crippen molar-refractivity contribution in [2.75, 3.05) is 25.0 Å². The van der Waals surface area contributed by atoms with Gasteiger partial charge in [-0.3, -0.25) is 14.5 Å². The van der Waals surface area contributed by atoms with Crippen molar-refractivity contribution >= 4 is 17.6 Å². The van der Waals surface area contributed by atoms with Crippen molar-refractivity contribution < 1.29 is 19.1 Å². The minimum Gasteiger partial charge on any atom is -0.481 e. The van der Waals surface area contributed by atoms with E-state index in [0.717, 1.165) is 0 Å². The number of nitrogens with zero attached hydrogens (tertiary/aromatic N) is 2. The fraction of sp³-hybridized carbons (Fsp3) is 0.467. The Bertz CT molecular complexity index is 535. The molecule has 1 unspecified atom stereocenters. The SMILES string of the molecule is CN(CCCC(=O)O)C1CCN(c2ccccc2F)C1=O. The van der Waals surface area contributed by atoms with Gasteiger partial charge in [0.25, 0.3) is 0 Å². The van der Waals surface area contributed by atoms with Gasteiger partial charge in [-0.05, 0) is 38.6 Å². The number of para-hydroxylation sites is 1. The minimum absolute atomic E-state index is 0.0856. The van der Waals surface area contributed by atoms with Crippen molar-refractivity contribution in [1.82, 2.24) is 4.90 Å². The van der Waals surface area contributed by atoms with Crippen molar-refractivity contribution in [3.05, 3.63) is 30.1 Å². The highest BCUT2D eigenvalue weighted by Gasteiger charge is 2.35. The van der Waals surface area contributed by atoms with Crippen molar-refractivity contribution in [2.24, 2.45) is 0 Å². The monoisotopic (exact) mass is 294 g/mol. The van der Waals surface area contributed by atoms with Crippen LogP contribution in [0.5, 0.6) is 0 Å². The average molecular weight is 294 g/mol. The lowest BCUT2D eigenvalue weighted by molar-refractivity contribution is -0.137. The number of benzene rings is 1. The summed E-state index contributed by atoms with van der Waals surface area (Å²) >= 11 is 0. The molecule has 1 fully saturated rings. The molecule has 114 valence electrons. The van der Waals surface area contributed by atoms with Gasteiger partial charge in [-0.15, -0.1) is 0 Å². The number of halogens is 1. The molecule has 1 aromatic carbocycles. The van der Waals surface area contributed by atoms with Crippen molar-refractivity contribution in [2.45, 2.75) is 25.3 Å². The average Bonchev–Trinajstić information content (AvgIpc) is 2.80. The van der Waals surface area contributed by atoms with Crippen LogP contribution in [0.2, 0.25) is 0 Å². The molecular formula is C15H19FN2O3. The molecule has 0 aromatic heterocycles. The largest absolute Gasteiger partial charge is 0.481 e. The van der Waals surface area contributed by atoms with Gasteiger partial charge in [0.05, 0.1) is 11.7 Å². The van der Waals surface area contributed by atoms with E-state index >= 15 is 0 Å². The molecule has 0 saturated carbocycles. The van der Waals surface area contributed by atoms with E-state index in [1.807, 2.05) is 4.90 Å². The van der Waals surface area contributed by atoms with Gasteiger partial charge in [0.1, 0.15) is 5.82 Å². The summed E-state index contributed by atoms with van der Waals surface area (Å²) in [5.74, 6) is -1.37. The lowest BCUT2D eigenvalue weighted by Gasteiger charge is -2.23. The first-order valence-electron chi connectivity index (χ1n) is 6.98. The molecule has 1 atom stereocenters. The molecule has 21 heavy (non-hydrogen) atoms. The first kappa shape index (κ1) is 15.4. The first-order valence-corrected chi connectivity index (χ1v) is 6.98. The number of carboxylic acids is 1. The van der Waals surface area contributed by atoms with Gasteiger partial charge in [0.2, 0.25) is 5.91 Å². The molecule has 1 aliphatic heterocycles. The molecule has 1 amide bonds. The Balaban J connectivity index is 1.98. The predicted molar refractivity (Wildman–Crippen MR) is 76.7 cm³/mol. The van der Waals surface area contributed by atoms with Crippen LogP contribution in [-0.4, -0.2) is 48.1 Å². The number of likely N-dealkylation sites (N-methyl/N-ethyl adjacent to an activating group) is 1. The topological polar surface area (TPSA) is 60.9 Å². The van der Waals surface area contributed by atoms with Gasteiger partial charge >= 0.3 is 5.97 Å². The Hall–Kier alpha value is -1.95. The highest BCUT2D eigenvalue weighted by Crippen LogP contribution is 2.26. The molecular weight excluding hydrogens is 275 g/mol. The summed E-state index contributed by atoms with van der Waals surface area (Å²) in [5, 5.41) is 8.63. The lowest BCUT2D eigenvalue weighted by atomic mass is 10.2. The molecule has 0 radical (unpaired) electrons. The van der Waals surface area contributed by atoms with Crippen LogP contribution in [0.25, 0.3) is 0 Å². The maximum absolute atomic E-state index is 13.8. The lowest BCUT2D eigenvalue weighted by Crippen LogP contribution is -2.40. The van der Waals surface area contributed by atoms with Crippen LogP contribution < -0.4 is 4.90 Å². The molecule has 6 heteroatoms. The van der Waals surface area contributed by atoms with E-state index in [0.29, 0.717) is 31.6 Å². The van der Waals surface area contributed by atoms with E-state index in [1.165, 1.54) is 11.0 Å². The summed E-state index contributed by atoms with van der Waals surface area (Å²) in [6.45, 7) is 1.02. The number of carbonyl (C=O) groups is 2. The van der Waals surface area contributed by atoms with Crippen LogP contribution in [-0.2, 0) is 9.59 Å². The van der Waals surface area contributed by atoms with Crippen LogP contribution in [0.1, 0.15) is 19.3 Å². The third-order valence-electron chi connectivity index (χ3n) is 3.75. The number of carboxylic acid groups (broad SMARTS) is 1. The zero-order valence-corrected chi connectivity index (χ0v) is 12.0. The van der Waals surface area contributed by atoms with E-state index < -0.39 is 11.8 Å². The highest BCUT2D eigenvalue weighted by atomic mass is 19.1. The molecule has 1 aromatic rings. The first-order chi connectivity index (χ1) is 10.0. The van der Waals surface area contributed by atoms with Crippen LogP contribution in [0.4, 0.5) is 10.1 Å². The smallest absolute Gasteiger partial charge is 0.303 e.